The van der Waals surface area contributed by atoms with Gasteiger partial charge < -0.3 is 0 Å². The standard InChI is InChI=1S/C8H7ClN4/c1-6-3-11-8(9)2-7(6)13-5-10-4-12-13/h2-5H,1H3. The molecule has 0 fully saturated rings. The second-order valence-electron chi connectivity index (χ2n) is 2.63. The molecular formula is C8H7ClN4. The van der Waals surface area contributed by atoms with Gasteiger partial charge in [0.15, 0.2) is 0 Å². The zero-order valence-electron chi connectivity index (χ0n) is 6.98. The zero-order valence-corrected chi connectivity index (χ0v) is 7.73. The van der Waals surface area contributed by atoms with Crippen molar-refractivity contribution in [3.8, 4) is 5.69 Å². The van der Waals surface area contributed by atoms with Crippen LogP contribution < -0.4 is 0 Å². The van der Waals surface area contributed by atoms with Crippen LogP contribution in [0.25, 0.3) is 5.69 Å². The number of rotatable bonds is 1. The van der Waals surface area contributed by atoms with Gasteiger partial charge in [0, 0.05) is 12.3 Å². The lowest BCUT2D eigenvalue weighted by Crippen LogP contribution is -1.98. The first-order valence-corrected chi connectivity index (χ1v) is 4.12. The predicted octanol–water partition coefficient (Wildman–Crippen LogP) is 1.62. The minimum absolute atomic E-state index is 0.455. The molecule has 0 saturated carbocycles. The van der Waals surface area contributed by atoms with E-state index in [-0.39, 0.29) is 0 Å². The Morgan fingerprint density at radius 2 is 2.31 bits per heavy atom. The Kier molecular flexibility index (Phi) is 1.98. The van der Waals surface area contributed by atoms with E-state index < -0.39 is 0 Å². The van der Waals surface area contributed by atoms with Gasteiger partial charge in [-0.25, -0.2) is 14.6 Å². The molecule has 0 aliphatic heterocycles. The van der Waals surface area contributed by atoms with Crippen molar-refractivity contribution < 1.29 is 0 Å². The maximum Gasteiger partial charge on any atom is 0.138 e. The number of nitrogens with zero attached hydrogens (tertiary/aromatic N) is 4. The van der Waals surface area contributed by atoms with Crippen LogP contribution in [0.5, 0.6) is 0 Å². The lowest BCUT2D eigenvalue weighted by molar-refractivity contribution is 0.867. The van der Waals surface area contributed by atoms with Crippen LogP contribution in [0, 0.1) is 6.92 Å². The molecule has 2 aromatic heterocycles. The van der Waals surface area contributed by atoms with Crippen LogP contribution in [0.4, 0.5) is 0 Å². The van der Waals surface area contributed by atoms with Crippen LogP contribution in [0.2, 0.25) is 5.15 Å². The summed E-state index contributed by atoms with van der Waals surface area (Å²) in [5, 5.41) is 4.46. The number of hydrogen-bond donors (Lipinski definition) is 0. The van der Waals surface area contributed by atoms with Gasteiger partial charge in [0.1, 0.15) is 17.8 Å². The van der Waals surface area contributed by atoms with Crippen molar-refractivity contribution in [3.63, 3.8) is 0 Å². The maximum absolute atomic E-state index is 5.76. The molecule has 66 valence electrons. The van der Waals surface area contributed by atoms with E-state index in [0.717, 1.165) is 11.3 Å². The first kappa shape index (κ1) is 8.19. The van der Waals surface area contributed by atoms with Gasteiger partial charge in [-0.05, 0) is 12.5 Å². The molecule has 0 amide bonds. The summed E-state index contributed by atoms with van der Waals surface area (Å²) in [6.45, 7) is 1.94. The maximum atomic E-state index is 5.76. The van der Waals surface area contributed by atoms with Crippen LogP contribution in [-0.4, -0.2) is 19.7 Å². The SMILES string of the molecule is Cc1cnc(Cl)cc1-n1cncn1. The third-order valence-corrected chi connectivity index (χ3v) is 1.91. The van der Waals surface area contributed by atoms with Crippen molar-refractivity contribution in [2.45, 2.75) is 6.92 Å². The van der Waals surface area contributed by atoms with E-state index in [1.165, 1.54) is 6.33 Å². The van der Waals surface area contributed by atoms with Crippen LogP contribution in [0.1, 0.15) is 5.56 Å². The van der Waals surface area contributed by atoms with Crippen LogP contribution in [0.15, 0.2) is 24.9 Å². The fraction of sp³-hybridized carbons (Fsp3) is 0.125. The van der Waals surface area contributed by atoms with E-state index in [0.29, 0.717) is 5.15 Å². The van der Waals surface area contributed by atoms with Gasteiger partial charge in [-0.3, -0.25) is 0 Å². The highest BCUT2D eigenvalue weighted by atomic mass is 35.5. The summed E-state index contributed by atoms with van der Waals surface area (Å²) in [6.07, 6.45) is 4.81. The van der Waals surface area contributed by atoms with E-state index in [2.05, 4.69) is 15.1 Å². The summed E-state index contributed by atoms with van der Waals surface area (Å²) < 4.78 is 1.66. The second kappa shape index (κ2) is 3.14. The zero-order chi connectivity index (χ0) is 9.26. The van der Waals surface area contributed by atoms with Crippen LogP contribution in [0.3, 0.4) is 0 Å². The molecule has 0 aromatic carbocycles. The molecule has 0 saturated heterocycles. The molecule has 2 heterocycles. The minimum atomic E-state index is 0.455. The predicted molar refractivity (Wildman–Crippen MR) is 48.9 cm³/mol. The summed E-state index contributed by atoms with van der Waals surface area (Å²) >= 11 is 5.76. The summed E-state index contributed by atoms with van der Waals surface area (Å²) in [6, 6.07) is 1.76. The van der Waals surface area contributed by atoms with E-state index in [4.69, 9.17) is 11.6 Å². The van der Waals surface area contributed by atoms with Crippen molar-refractivity contribution in [1.82, 2.24) is 19.7 Å². The smallest absolute Gasteiger partial charge is 0.138 e. The molecule has 0 N–H and O–H groups in total. The number of halogens is 1. The summed E-state index contributed by atoms with van der Waals surface area (Å²) in [4.78, 5) is 7.81. The van der Waals surface area contributed by atoms with Gasteiger partial charge in [0.2, 0.25) is 0 Å². The third kappa shape index (κ3) is 1.53. The fourth-order valence-corrected chi connectivity index (χ4v) is 1.22. The van der Waals surface area contributed by atoms with Gasteiger partial charge in [0.05, 0.1) is 5.69 Å². The molecule has 5 heteroatoms. The molecule has 0 bridgehead atoms. The summed E-state index contributed by atoms with van der Waals surface area (Å²) in [5.74, 6) is 0. The van der Waals surface area contributed by atoms with Crippen molar-refractivity contribution in [2.75, 3.05) is 0 Å². The second-order valence-corrected chi connectivity index (χ2v) is 3.02. The van der Waals surface area contributed by atoms with Gasteiger partial charge >= 0.3 is 0 Å². The monoisotopic (exact) mass is 194 g/mol. The largest absolute Gasteiger partial charge is 0.244 e. The molecule has 4 nitrogen and oxygen atoms in total. The average Bonchev–Trinajstić information content (AvgIpc) is 2.61. The van der Waals surface area contributed by atoms with E-state index >= 15 is 0 Å². The van der Waals surface area contributed by atoms with E-state index in [1.54, 1.807) is 23.3 Å². The van der Waals surface area contributed by atoms with Crippen molar-refractivity contribution >= 4 is 11.6 Å². The van der Waals surface area contributed by atoms with Gasteiger partial charge in [-0.1, -0.05) is 11.6 Å². The number of aromatic nitrogens is 4. The molecule has 0 radical (unpaired) electrons. The molecule has 13 heavy (non-hydrogen) atoms. The Labute approximate surface area is 80.2 Å². The summed E-state index contributed by atoms with van der Waals surface area (Å²) in [7, 11) is 0. The van der Waals surface area contributed by atoms with Crippen molar-refractivity contribution in [1.29, 1.82) is 0 Å². The van der Waals surface area contributed by atoms with E-state index in [1.807, 2.05) is 6.92 Å². The van der Waals surface area contributed by atoms with Crippen molar-refractivity contribution in [3.05, 3.63) is 35.6 Å². The highest BCUT2D eigenvalue weighted by molar-refractivity contribution is 6.29. The number of pyridine rings is 1. The first-order valence-electron chi connectivity index (χ1n) is 3.74. The van der Waals surface area contributed by atoms with Gasteiger partial charge in [-0.15, -0.1) is 0 Å². The lowest BCUT2D eigenvalue weighted by Gasteiger charge is -2.03. The quantitative estimate of drug-likeness (QED) is 0.648. The normalized spacial score (nSPS) is 10.3. The highest BCUT2D eigenvalue weighted by Gasteiger charge is 2.02. The van der Waals surface area contributed by atoms with E-state index in [9.17, 15) is 0 Å². The Hall–Kier alpha value is -1.42. The molecule has 0 unspecified atom stereocenters. The molecule has 0 aliphatic carbocycles. The van der Waals surface area contributed by atoms with Gasteiger partial charge in [-0.2, -0.15) is 5.10 Å². The molecule has 2 aromatic rings. The molecule has 2 rings (SSSR count). The Balaban J connectivity index is 2.57. The average molecular weight is 195 g/mol. The lowest BCUT2D eigenvalue weighted by atomic mass is 10.3. The number of hydrogen-bond acceptors (Lipinski definition) is 3. The Bertz CT molecular complexity index is 410. The number of aryl methyl sites for hydroxylation is 1. The highest BCUT2D eigenvalue weighted by Crippen LogP contribution is 2.15. The fourth-order valence-electron chi connectivity index (χ4n) is 1.07. The van der Waals surface area contributed by atoms with Crippen LogP contribution >= 0.6 is 11.6 Å². The van der Waals surface area contributed by atoms with Crippen LogP contribution in [-0.2, 0) is 0 Å². The topological polar surface area (TPSA) is 43.6 Å². The molecule has 0 spiro atoms. The molecule has 0 aliphatic rings. The Morgan fingerprint density at radius 3 is 3.00 bits per heavy atom. The third-order valence-electron chi connectivity index (χ3n) is 1.71. The Morgan fingerprint density at radius 1 is 1.46 bits per heavy atom. The molecular weight excluding hydrogens is 188 g/mol. The molecule has 0 atom stereocenters. The first-order chi connectivity index (χ1) is 6.27. The minimum Gasteiger partial charge on any atom is -0.244 e. The van der Waals surface area contributed by atoms with Gasteiger partial charge in [0.25, 0.3) is 0 Å². The van der Waals surface area contributed by atoms with Crippen molar-refractivity contribution in [2.24, 2.45) is 0 Å². The summed E-state index contributed by atoms with van der Waals surface area (Å²) in [5.41, 5.74) is 1.91.